The summed E-state index contributed by atoms with van der Waals surface area (Å²) in [6, 6.07) is 145. The number of carbonyl (C=O) groups excluding carboxylic acids is 5. The van der Waals surface area contributed by atoms with E-state index in [2.05, 4.69) is 181 Å². The van der Waals surface area contributed by atoms with Crippen LogP contribution < -0.4 is 41.4 Å². The SMILES string of the molecule is C1CCOC1.CC.CC(=O)c1cccc(C(C)=O)c1.Nc1c(C(=O)O)cc2ccccc2c1-c1ccccc1.Nc1c(C=O)cc2ccccc2c1-c1ccccc1.Nc1c(CO)cc2ccccc2c1-c1ccccc1.O.O=C1NC(=O)c2c1cc1ccccc1c2-c1ccccc1.[AlH3].[H-].[Li+].[O]=[Mn]=[O].c1ccc(-c2c3ccccc3cc3ccc(-c4cccc(-c5ccc6cc7ccccc7c(-c7ccccc7)c6n5)c4)nc23)cc1. The third-order valence-electron chi connectivity index (χ3n) is 25.4. The molecular weight excluding hydrogens is 1910 g/mol. The van der Waals surface area contributed by atoms with Gasteiger partial charge in [-0.3, -0.25) is 29.3 Å². The zero-order valence-corrected chi connectivity index (χ0v) is 83.9. The number of rotatable bonds is 13. The fourth-order valence-electron chi connectivity index (χ4n) is 18.5. The molecule has 2 amide bonds. The molecule has 0 spiro atoms. The number of amides is 2. The Morgan fingerprint density at radius 2 is 0.660 bits per heavy atom. The van der Waals surface area contributed by atoms with E-state index in [0.29, 0.717) is 44.9 Å². The zero-order valence-electron chi connectivity index (χ0n) is 83.8. The van der Waals surface area contributed by atoms with Crippen molar-refractivity contribution in [2.45, 2.75) is 47.1 Å². The van der Waals surface area contributed by atoms with Crippen LogP contribution in [0.3, 0.4) is 0 Å². The van der Waals surface area contributed by atoms with Crippen LogP contribution in [0.2, 0.25) is 0 Å². The number of nitrogens with one attached hydrogen (secondary N) is 1. The summed E-state index contributed by atoms with van der Waals surface area (Å²) in [4.78, 5) is 79.2. The molecule has 2 aliphatic rings. The van der Waals surface area contributed by atoms with Gasteiger partial charge in [0.2, 0.25) is 0 Å². The third kappa shape index (κ3) is 25.2. The van der Waals surface area contributed by atoms with Gasteiger partial charge >= 0.3 is 47.3 Å². The van der Waals surface area contributed by atoms with Gasteiger partial charge in [0, 0.05) is 96.4 Å². The number of aliphatic hydroxyl groups excluding tert-OH is 1. The second-order valence-corrected chi connectivity index (χ2v) is 34.7. The number of hydrogen-bond donors (Lipinski definition) is 6. The molecule has 21 heteroatoms. The van der Waals surface area contributed by atoms with Crippen molar-refractivity contribution in [2.75, 3.05) is 30.4 Å². The number of aromatic nitrogens is 2. The van der Waals surface area contributed by atoms with E-state index in [-0.39, 0.29) is 78.7 Å². The summed E-state index contributed by atoms with van der Waals surface area (Å²) in [6.07, 6.45) is 3.37. The minimum absolute atomic E-state index is 0. The van der Waals surface area contributed by atoms with Gasteiger partial charge in [-0.25, -0.2) is 14.8 Å². The maximum Gasteiger partial charge on any atom is 0.0794 e. The molecular formula is C129H110AlLiMnN6O12. The quantitative estimate of drug-likeness (QED) is 0.0156. The average Bonchev–Trinajstić information content (AvgIpc) is 1.10. The number of nitrogen functional groups attached to an aromatic ring is 3. The Hall–Kier alpha value is -17.1. The van der Waals surface area contributed by atoms with Crippen LogP contribution in [0.5, 0.6) is 0 Å². The molecule has 20 aromatic carbocycles. The maximum atomic E-state index is 12.2. The number of pyridine rings is 2. The molecule has 0 atom stereocenters. The second kappa shape index (κ2) is 52.8. The predicted molar refractivity (Wildman–Crippen MR) is 609 cm³/mol. The van der Waals surface area contributed by atoms with Crippen LogP contribution in [0, 0.1) is 0 Å². The topological polar surface area (TPSA) is 334 Å². The molecule has 1 fully saturated rings. The molecule has 739 valence electrons. The number of aldehydes is 1. The number of imide groups is 1. The predicted octanol–water partition coefficient (Wildman–Crippen LogP) is 25.2. The van der Waals surface area contributed by atoms with E-state index < -0.39 is 20.8 Å². The van der Waals surface area contributed by atoms with E-state index in [1.54, 1.807) is 36.4 Å². The van der Waals surface area contributed by atoms with Gasteiger partial charge in [-0.1, -0.05) is 390 Å². The Balaban J connectivity index is 0.000000165. The maximum absolute atomic E-state index is 12.2. The number of benzene rings is 20. The van der Waals surface area contributed by atoms with Crippen LogP contribution in [-0.4, -0.2) is 91.9 Å². The van der Waals surface area contributed by atoms with Gasteiger partial charge in [-0.2, -0.15) is 0 Å². The van der Waals surface area contributed by atoms with Gasteiger partial charge in [0.1, 0.15) is 0 Å². The molecule has 24 rings (SSSR count). The molecule has 1 saturated heterocycles. The number of ketones is 2. The van der Waals surface area contributed by atoms with E-state index in [4.69, 9.17) is 39.6 Å². The Kier molecular flexibility index (Phi) is 38.8. The van der Waals surface area contributed by atoms with Gasteiger partial charge < -0.3 is 39.1 Å². The van der Waals surface area contributed by atoms with Gasteiger partial charge in [-0.15, -0.1) is 0 Å². The molecule has 0 aliphatic carbocycles. The Labute approximate surface area is 899 Å². The van der Waals surface area contributed by atoms with Crippen LogP contribution in [0.15, 0.2) is 437 Å². The van der Waals surface area contributed by atoms with Crippen molar-refractivity contribution in [1.29, 1.82) is 0 Å². The molecule has 0 radical (unpaired) electrons. The second-order valence-electron chi connectivity index (χ2n) is 34.5. The summed E-state index contributed by atoms with van der Waals surface area (Å²) >= 11 is -1.44. The number of Topliss-reactive ketones (excluding diaryl/α,β-unsaturated/α-hetero) is 2. The number of aliphatic hydroxyl groups is 1. The van der Waals surface area contributed by atoms with Crippen LogP contribution in [0.4, 0.5) is 17.1 Å². The minimum atomic E-state index is -1.44. The van der Waals surface area contributed by atoms with Crippen molar-refractivity contribution in [1.82, 2.24) is 15.3 Å². The van der Waals surface area contributed by atoms with Crippen LogP contribution in [0.1, 0.15) is 110 Å². The molecule has 0 bridgehead atoms. The summed E-state index contributed by atoms with van der Waals surface area (Å²) < 4.78 is 21.8. The van der Waals surface area contributed by atoms with Crippen molar-refractivity contribution in [3.05, 3.63) is 476 Å². The number of nitrogens with zero attached hydrogens (tertiary/aromatic N) is 2. The molecule has 11 N–H and O–H groups in total. The van der Waals surface area contributed by atoms with E-state index in [0.717, 1.165) is 157 Å². The number of carbonyl (C=O) groups is 6. The molecule has 22 aromatic rings. The summed E-state index contributed by atoms with van der Waals surface area (Å²) in [5.74, 6) is -1.68. The fraction of sp³-hybridized carbons (Fsp3) is 0.0698. The molecule has 150 heavy (non-hydrogen) atoms. The van der Waals surface area contributed by atoms with E-state index in [1.165, 1.54) is 70.5 Å². The molecule has 2 aromatic heterocycles. The summed E-state index contributed by atoms with van der Waals surface area (Å²) in [5.41, 5.74) is 41.8. The average molecular weight is 2030 g/mol. The minimum Gasteiger partial charge on any atom is -0.247 e. The smallest absolute Gasteiger partial charge is 0.0794 e. The van der Waals surface area contributed by atoms with Gasteiger partial charge in [-0.05, 0) is 185 Å². The van der Waals surface area contributed by atoms with E-state index in [1.807, 2.05) is 238 Å². The summed E-state index contributed by atoms with van der Waals surface area (Å²) in [5, 5.41) is 36.4. The van der Waals surface area contributed by atoms with Crippen LogP contribution in [0.25, 0.3) is 176 Å². The molecule has 4 heterocycles. The Bertz CT molecular complexity index is 8460. The number of nitrogens with two attached hydrogens (primary N) is 3. The molecule has 2 aliphatic heterocycles. The van der Waals surface area contributed by atoms with Crippen molar-refractivity contribution in [3.63, 3.8) is 0 Å². The number of aromatic carboxylic acids is 1. The fourth-order valence-corrected chi connectivity index (χ4v) is 18.5. The standard InChI is InChI=1S/C44H28N2.C18H11NO2.C17H13NO2.C17H15NO.C17H13NO.C10H10O2.C4H8O.C2H6.Al.Li.Mn.H2O.2O.4H/c1-3-12-29(13-4-1)41-37-20-9-7-16-31(37)26-35-22-24-39(45-43(35)41)33-18-11-19-34(28-33)40-25-23-36-27-32-17-8-10-21-38(32)42(44(36)46-40)30-14-5-2-6-15-30;20-17-14-10-12-8-4-5-9-13(12)15(16(14)18(21)19-17)11-6-2-1-3-7-11;18-16-14(17(19)20)10-12-8-4-5-9-13(12)15(16)11-6-2-1-3-7-11;2*18-17-14(11-19)10-13-8-4-5-9-15(13)16(17)12-6-2-1-3-7-12;1-7(11)9-4-3-5-10(6-9)8(2)12;1-2-4-5-3-1;1-2;;;;;;;;;;/h1-28H;1-10H,(H,19,20,21);1-10H,18H2,(H,19,20);1-10,19H,11,18H2;1-11H,18H2;3-6H,1-2H3;1-4H2;1-2H3;;;;1H2;;;;;;/q;;;;;;;;;+1;;;;;;;;-1. The Morgan fingerprint density at radius 1 is 0.353 bits per heavy atom. The van der Waals surface area contributed by atoms with Crippen molar-refractivity contribution in [2.24, 2.45) is 0 Å². The summed E-state index contributed by atoms with van der Waals surface area (Å²) in [6.45, 7) is 8.93. The molecule has 0 unspecified atom stereocenters. The first-order chi connectivity index (χ1) is 71.9. The van der Waals surface area contributed by atoms with Gasteiger partial charge in [0.05, 0.1) is 57.1 Å². The zero-order chi connectivity index (χ0) is 103. The summed E-state index contributed by atoms with van der Waals surface area (Å²) in [7, 11) is 0. The number of hydrogen-bond acceptors (Lipinski definition) is 15. The first-order valence-corrected chi connectivity index (χ1v) is 49.2. The van der Waals surface area contributed by atoms with Crippen molar-refractivity contribution in [3.8, 4) is 89.3 Å². The largest absolute Gasteiger partial charge is 0.247 e. The van der Waals surface area contributed by atoms with Crippen LogP contribution in [-0.2, 0) is 33.8 Å². The normalized spacial score (nSPS) is 11.2. The number of fused-ring (bicyclic) bond motifs is 9. The monoisotopic (exact) mass is 2020 g/mol. The molecule has 18 nitrogen and oxygen atoms in total. The Morgan fingerprint density at radius 3 is 1.02 bits per heavy atom. The van der Waals surface area contributed by atoms with Gasteiger partial charge in [0.15, 0.2) is 35.2 Å². The first kappa shape index (κ1) is 110. The van der Waals surface area contributed by atoms with Gasteiger partial charge in [0.25, 0.3) is 11.8 Å². The number of ether oxygens (including phenoxy) is 1. The molecule has 0 saturated carbocycles. The first-order valence-electron chi connectivity index (χ1n) is 48.2. The van der Waals surface area contributed by atoms with E-state index in [9.17, 15) is 39.0 Å². The number of anilines is 3. The van der Waals surface area contributed by atoms with Crippen molar-refractivity contribution >= 4 is 157 Å². The van der Waals surface area contributed by atoms with Crippen molar-refractivity contribution < 1.29 is 92.0 Å². The number of carboxylic acids is 1. The number of carboxylic acid groups (broad SMARTS) is 1. The van der Waals surface area contributed by atoms with E-state index >= 15 is 0 Å². The van der Waals surface area contributed by atoms with Crippen LogP contribution >= 0.6 is 0 Å². The third-order valence-corrected chi connectivity index (χ3v) is 25.4.